The van der Waals surface area contributed by atoms with Crippen molar-refractivity contribution in [1.29, 1.82) is 0 Å². The zero-order valence-corrected chi connectivity index (χ0v) is 19.2. The normalized spacial score (nSPS) is 14.3. The van der Waals surface area contributed by atoms with E-state index in [1.807, 2.05) is 24.3 Å². The summed E-state index contributed by atoms with van der Waals surface area (Å²) in [6, 6.07) is 9.80. The third-order valence-corrected chi connectivity index (χ3v) is 5.61. The van der Waals surface area contributed by atoms with E-state index in [4.69, 9.17) is 37.4 Å². The van der Waals surface area contributed by atoms with E-state index in [1.165, 1.54) is 5.56 Å². The highest BCUT2D eigenvalue weighted by Crippen LogP contribution is 2.38. The van der Waals surface area contributed by atoms with E-state index in [2.05, 4.69) is 4.90 Å². The third-order valence-electron chi connectivity index (χ3n) is 5.17. The minimum atomic E-state index is 0. The molecule has 1 fully saturated rings. The summed E-state index contributed by atoms with van der Waals surface area (Å²) < 4.78 is 16.3. The average molecular weight is 462 g/mol. The smallest absolute Gasteiger partial charge is 0.203 e. The molecular formula is C21H27Cl3N2O3. The van der Waals surface area contributed by atoms with Crippen LogP contribution in [-0.2, 0) is 6.42 Å². The van der Waals surface area contributed by atoms with Gasteiger partial charge in [0.2, 0.25) is 5.75 Å². The monoisotopic (exact) mass is 460 g/mol. The van der Waals surface area contributed by atoms with Crippen molar-refractivity contribution < 1.29 is 31.5 Å². The van der Waals surface area contributed by atoms with Crippen LogP contribution in [0.1, 0.15) is 5.56 Å². The van der Waals surface area contributed by atoms with E-state index in [1.54, 1.807) is 32.3 Å². The molecule has 0 atom stereocenters. The van der Waals surface area contributed by atoms with Gasteiger partial charge in [-0.3, -0.25) is 0 Å². The van der Waals surface area contributed by atoms with Gasteiger partial charge in [-0.05, 0) is 35.9 Å². The fraction of sp³-hybridized carbons (Fsp3) is 0.429. The van der Waals surface area contributed by atoms with Crippen LogP contribution >= 0.6 is 23.2 Å². The van der Waals surface area contributed by atoms with E-state index < -0.39 is 0 Å². The molecule has 5 nitrogen and oxygen atoms in total. The maximum absolute atomic E-state index is 6.14. The van der Waals surface area contributed by atoms with E-state index in [-0.39, 0.29) is 12.4 Å². The molecular weight excluding hydrogens is 435 g/mol. The summed E-state index contributed by atoms with van der Waals surface area (Å²) in [5.74, 6) is 2.04. The van der Waals surface area contributed by atoms with E-state index >= 15 is 0 Å². The van der Waals surface area contributed by atoms with Crippen molar-refractivity contribution >= 4 is 28.9 Å². The third kappa shape index (κ3) is 5.98. The molecule has 0 aliphatic carbocycles. The highest BCUT2D eigenvalue weighted by Gasteiger charge is 2.21. The van der Waals surface area contributed by atoms with Crippen LogP contribution in [0.5, 0.6) is 17.2 Å². The number of nitrogens with zero attached hydrogens (tertiary/aromatic N) is 1. The van der Waals surface area contributed by atoms with Crippen LogP contribution in [0.4, 0.5) is 5.69 Å². The first-order valence-corrected chi connectivity index (χ1v) is 10.1. The Kier molecular flexibility index (Phi) is 9.03. The number of halogens is 3. The molecule has 29 heavy (non-hydrogen) atoms. The predicted octanol–water partition coefficient (Wildman–Crippen LogP) is -0.0292. The van der Waals surface area contributed by atoms with Crippen molar-refractivity contribution in [2.45, 2.75) is 6.42 Å². The Morgan fingerprint density at radius 3 is 1.90 bits per heavy atom. The molecule has 1 N–H and O–H groups in total. The van der Waals surface area contributed by atoms with Crippen molar-refractivity contribution in [3.63, 3.8) is 0 Å². The van der Waals surface area contributed by atoms with Gasteiger partial charge in [-0.2, -0.15) is 0 Å². The SMILES string of the molecule is COc1cc(CC[NH+]2CCN(c3cc(Cl)cc(Cl)c3)CC2)cc(OC)c1OC.[Cl-]. The summed E-state index contributed by atoms with van der Waals surface area (Å²) in [4.78, 5) is 3.93. The zero-order chi connectivity index (χ0) is 20.1. The van der Waals surface area contributed by atoms with Gasteiger partial charge in [0.25, 0.3) is 0 Å². The van der Waals surface area contributed by atoms with Crippen LogP contribution in [0, 0.1) is 0 Å². The van der Waals surface area contributed by atoms with Gasteiger partial charge in [-0.25, -0.2) is 0 Å². The second-order valence-corrected chi connectivity index (χ2v) is 7.77. The Hall–Kier alpha value is -1.53. The number of piperazine rings is 1. The van der Waals surface area contributed by atoms with Crippen molar-refractivity contribution in [3.05, 3.63) is 45.9 Å². The Morgan fingerprint density at radius 1 is 0.862 bits per heavy atom. The highest BCUT2D eigenvalue weighted by molar-refractivity contribution is 6.35. The zero-order valence-electron chi connectivity index (χ0n) is 16.9. The standard InChI is InChI=1S/C21H26Cl2N2O3.ClH/c1-26-19-10-15(11-20(27-2)21(19)28-3)4-5-24-6-8-25(9-7-24)18-13-16(22)12-17(23)14-18;/h10-14H,4-9H2,1-3H3;1H. The molecule has 3 rings (SSSR count). The van der Waals surface area contributed by atoms with Crippen LogP contribution in [0.15, 0.2) is 30.3 Å². The van der Waals surface area contributed by atoms with Crippen LogP contribution in [-0.4, -0.2) is 54.1 Å². The first-order valence-electron chi connectivity index (χ1n) is 9.37. The molecule has 0 radical (unpaired) electrons. The Balaban J connectivity index is 0.00000300. The molecule has 1 aliphatic heterocycles. The summed E-state index contributed by atoms with van der Waals surface area (Å²) in [6.45, 7) is 5.19. The molecule has 0 amide bonds. The van der Waals surface area contributed by atoms with Gasteiger partial charge in [0.15, 0.2) is 11.5 Å². The number of nitrogens with one attached hydrogen (secondary N) is 1. The molecule has 0 aromatic heterocycles. The maximum atomic E-state index is 6.14. The predicted molar refractivity (Wildman–Crippen MR) is 114 cm³/mol. The number of benzene rings is 2. The van der Waals surface area contributed by atoms with E-state index in [9.17, 15) is 0 Å². The Labute approximate surface area is 188 Å². The Morgan fingerprint density at radius 2 is 1.41 bits per heavy atom. The van der Waals surface area contributed by atoms with Gasteiger partial charge in [0, 0.05) is 22.2 Å². The summed E-state index contributed by atoms with van der Waals surface area (Å²) >= 11 is 12.3. The van der Waals surface area contributed by atoms with Crippen molar-refractivity contribution in [2.24, 2.45) is 0 Å². The minimum Gasteiger partial charge on any atom is -1.00 e. The molecule has 160 valence electrons. The maximum Gasteiger partial charge on any atom is 0.203 e. The fourth-order valence-corrected chi connectivity index (χ4v) is 4.17. The summed E-state index contributed by atoms with van der Waals surface area (Å²) in [7, 11) is 4.91. The molecule has 0 saturated carbocycles. The number of rotatable bonds is 7. The first-order chi connectivity index (χ1) is 13.5. The molecule has 8 heteroatoms. The quantitative estimate of drug-likeness (QED) is 0.628. The number of anilines is 1. The van der Waals surface area contributed by atoms with Gasteiger partial charge in [-0.1, -0.05) is 23.2 Å². The summed E-state index contributed by atoms with van der Waals surface area (Å²) in [6.07, 6.45) is 0.953. The van der Waals surface area contributed by atoms with Crippen molar-refractivity contribution in [3.8, 4) is 17.2 Å². The summed E-state index contributed by atoms with van der Waals surface area (Å²) in [5, 5.41) is 1.36. The van der Waals surface area contributed by atoms with Gasteiger partial charge in [-0.15, -0.1) is 0 Å². The van der Waals surface area contributed by atoms with Crippen LogP contribution in [0.25, 0.3) is 0 Å². The fourth-order valence-electron chi connectivity index (χ4n) is 3.65. The molecule has 0 spiro atoms. The largest absolute Gasteiger partial charge is 1.00 e. The number of hydrogen-bond donors (Lipinski definition) is 1. The Bertz CT molecular complexity index is 766. The molecule has 2 aromatic rings. The minimum absolute atomic E-state index is 0. The number of hydrogen-bond acceptors (Lipinski definition) is 4. The molecule has 0 unspecified atom stereocenters. The second kappa shape index (κ2) is 11.0. The second-order valence-electron chi connectivity index (χ2n) is 6.90. The average Bonchev–Trinajstić information content (AvgIpc) is 2.71. The van der Waals surface area contributed by atoms with Crippen LogP contribution < -0.4 is 36.4 Å². The lowest BCUT2D eigenvalue weighted by Crippen LogP contribution is -3.15. The lowest BCUT2D eigenvalue weighted by Gasteiger charge is -2.34. The van der Waals surface area contributed by atoms with Gasteiger partial charge in [0.1, 0.15) is 0 Å². The van der Waals surface area contributed by atoms with E-state index in [0.29, 0.717) is 27.3 Å². The van der Waals surface area contributed by atoms with Crippen molar-refractivity contribution in [2.75, 3.05) is 59.0 Å². The number of ether oxygens (including phenoxy) is 3. The number of quaternary nitrogens is 1. The molecule has 1 aliphatic rings. The summed E-state index contributed by atoms with van der Waals surface area (Å²) in [5.41, 5.74) is 2.28. The molecule has 0 bridgehead atoms. The topological polar surface area (TPSA) is 35.4 Å². The number of methoxy groups -OCH3 is 3. The lowest BCUT2D eigenvalue weighted by atomic mass is 10.1. The van der Waals surface area contributed by atoms with Crippen LogP contribution in [0.2, 0.25) is 10.0 Å². The van der Waals surface area contributed by atoms with Crippen LogP contribution in [0.3, 0.4) is 0 Å². The molecule has 1 saturated heterocycles. The molecule has 2 aromatic carbocycles. The highest BCUT2D eigenvalue weighted by atomic mass is 35.5. The molecule has 1 heterocycles. The van der Waals surface area contributed by atoms with Gasteiger partial charge >= 0.3 is 0 Å². The van der Waals surface area contributed by atoms with E-state index in [0.717, 1.165) is 44.8 Å². The van der Waals surface area contributed by atoms with Gasteiger partial charge in [0.05, 0.1) is 54.1 Å². The first kappa shape index (κ1) is 23.7. The lowest BCUT2D eigenvalue weighted by molar-refractivity contribution is -0.900. The van der Waals surface area contributed by atoms with Crippen molar-refractivity contribution in [1.82, 2.24) is 0 Å². The van der Waals surface area contributed by atoms with Gasteiger partial charge < -0.3 is 36.4 Å².